The molecule has 1 saturated carbocycles. The number of carbonyl (C=O) groups excluding carboxylic acids is 2. The molecular weight excluding hydrogens is 286 g/mol. The van der Waals surface area contributed by atoms with Gasteiger partial charge in [0.05, 0.1) is 11.0 Å². The molecule has 2 fully saturated rings. The molecule has 1 heterocycles. The van der Waals surface area contributed by atoms with Gasteiger partial charge in [0, 0.05) is 6.42 Å². The number of hydroxylamine groups is 2. The molecule has 6 nitrogen and oxygen atoms in total. The summed E-state index contributed by atoms with van der Waals surface area (Å²) >= 11 is 0. The van der Waals surface area contributed by atoms with E-state index in [2.05, 4.69) is 0 Å². The van der Waals surface area contributed by atoms with E-state index < -0.39 is 11.4 Å². The second kappa shape index (κ2) is 5.53. The van der Waals surface area contributed by atoms with Gasteiger partial charge in [0.15, 0.2) is 0 Å². The van der Waals surface area contributed by atoms with Crippen LogP contribution in [-0.4, -0.2) is 28.0 Å². The number of benzene rings is 1. The van der Waals surface area contributed by atoms with E-state index in [0.717, 1.165) is 30.7 Å². The molecule has 3 rings (SSSR count). The van der Waals surface area contributed by atoms with Crippen molar-refractivity contribution in [3.63, 3.8) is 0 Å². The first-order valence-electron chi connectivity index (χ1n) is 7.34. The quantitative estimate of drug-likeness (QED) is 0.861. The van der Waals surface area contributed by atoms with Crippen molar-refractivity contribution in [2.45, 2.75) is 38.7 Å². The van der Waals surface area contributed by atoms with Crippen LogP contribution in [0.1, 0.15) is 48.0 Å². The van der Waals surface area contributed by atoms with Crippen molar-refractivity contribution in [2.24, 2.45) is 5.41 Å². The van der Waals surface area contributed by atoms with Crippen molar-refractivity contribution in [3.05, 3.63) is 35.4 Å². The molecule has 1 N–H and O–H groups in total. The summed E-state index contributed by atoms with van der Waals surface area (Å²) in [4.78, 5) is 40.6. The molecule has 0 unspecified atom stereocenters. The first-order chi connectivity index (χ1) is 10.5. The van der Waals surface area contributed by atoms with Gasteiger partial charge in [0.2, 0.25) is 0 Å². The molecule has 1 aliphatic heterocycles. The van der Waals surface area contributed by atoms with Crippen LogP contribution in [0.15, 0.2) is 24.3 Å². The van der Waals surface area contributed by atoms with Gasteiger partial charge < -0.3 is 5.11 Å². The Balaban J connectivity index is 1.65. The molecule has 0 aromatic heterocycles. The SMILES string of the molecule is O=C(O)c1ccc(CON2C(=O)CC3(CCCC3)C2=O)cc1. The molecule has 1 spiro atoms. The van der Waals surface area contributed by atoms with E-state index in [1.54, 1.807) is 12.1 Å². The van der Waals surface area contributed by atoms with E-state index in [9.17, 15) is 14.4 Å². The van der Waals surface area contributed by atoms with Crippen molar-refractivity contribution in [3.8, 4) is 0 Å². The molecule has 116 valence electrons. The van der Waals surface area contributed by atoms with Gasteiger partial charge in [-0.15, -0.1) is 0 Å². The summed E-state index contributed by atoms with van der Waals surface area (Å²) in [6.45, 7) is 0.0630. The van der Waals surface area contributed by atoms with Crippen LogP contribution >= 0.6 is 0 Å². The van der Waals surface area contributed by atoms with E-state index in [1.807, 2.05) is 0 Å². The summed E-state index contributed by atoms with van der Waals surface area (Å²) in [5.41, 5.74) is 0.351. The number of carbonyl (C=O) groups is 3. The maximum atomic E-state index is 12.4. The second-order valence-electron chi connectivity index (χ2n) is 5.93. The average Bonchev–Trinajstić information content (AvgIpc) is 3.05. The lowest BCUT2D eigenvalue weighted by Crippen LogP contribution is -2.34. The summed E-state index contributed by atoms with van der Waals surface area (Å²) in [5.74, 6) is -1.51. The standard InChI is InChI=1S/C16H17NO5/c18-13-9-16(7-1-2-8-16)15(21)17(13)22-10-11-3-5-12(6-4-11)14(19)20/h3-6H,1-2,7-10H2,(H,19,20). The van der Waals surface area contributed by atoms with E-state index in [0.29, 0.717) is 5.56 Å². The van der Waals surface area contributed by atoms with Crippen LogP contribution in [0.5, 0.6) is 0 Å². The zero-order valence-corrected chi connectivity index (χ0v) is 12.1. The Kier molecular flexibility index (Phi) is 3.70. The smallest absolute Gasteiger partial charge is 0.335 e. The Morgan fingerprint density at radius 2 is 1.82 bits per heavy atom. The summed E-state index contributed by atoms with van der Waals surface area (Å²) in [5, 5.41) is 9.74. The highest BCUT2D eigenvalue weighted by Gasteiger charge is 2.53. The minimum absolute atomic E-state index is 0.0630. The Hall–Kier alpha value is -2.21. The van der Waals surface area contributed by atoms with Crippen LogP contribution in [0.4, 0.5) is 0 Å². The number of rotatable bonds is 4. The number of hydrogen-bond acceptors (Lipinski definition) is 4. The summed E-state index contributed by atoms with van der Waals surface area (Å²) in [7, 11) is 0. The minimum Gasteiger partial charge on any atom is -0.478 e. The summed E-state index contributed by atoms with van der Waals surface area (Å²) < 4.78 is 0. The van der Waals surface area contributed by atoms with Gasteiger partial charge in [-0.1, -0.05) is 25.0 Å². The highest BCUT2D eigenvalue weighted by molar-refractivity contribution is 6.04. The molecule has 2 aliphatic rings. The third kappa shape index (κ3) is 2.50. The highest BCUT2D eigenvalue weighted by atomic mass is 16.7. The maximum absolute atomic E-state index is 12.4. The predicted molar refractivity (Wildman–Crippen MR) is 75.6 cm³/mol. The molecule has 1 saturated heterocycles. The lowest BCUT2D eigenvalue weighted by Gasteiger charge is -2.20. The van der Waals surface area contributed by atoms with Gasteiger partial charge >= 0.3 is 5.97 Å². The zero-order chi connectivity index (χ0) is 15.7. The largest absolute Gasteiger partial charge is 0.478 e. The molecule has 0 radical (unpaired) electrons. The average molecular weight is 303 g/mol. The molecular formula is C16H17NO5. The van der Waals surface area contributed by atoms with Gasteiger partial charge in [-0.2, -0.15) is 5.06 Å². The van der Waals surface area contributed by atoms with Gasteiger partial charge in [-0.25, -0.2) is 4.79 Å². The van der Waals surface area contributed by atoms with Crippen LogP contribution in [0.25, 0.3) is 0 Å². The van der Waals surface area contributed by atoms with Crippen LogP contribution < -0.4 is 0 Å². The van der Waals surface area contributed by atoms with Crippen LogP contribution in [0.3, 0.4) is 0 Å². The van der Waals surface area contributed by atoms with Crippen molar-refractivity contribution < 1.29 is 24.3 Å². The molecule has 1 aliphatic carbocycles. The van der Waals surface area contributed by atoms with Gasteiger partial charge in [-0.05, 0) is 30.5 Å². The first-order valence-corrected chi connectivity index (χ1v) is 7.34. The number of carboxylic acids is 1. The Bertz CT molecular complexity index is 616. The molecule has 1 aromatic rings. The van der Waals surface area contributed by atoms with E-state index >= 15 is 0 Å². The Morgan fingerprint density at radius 1 is 1.18 bits per heavy atom. The van der Waals surface area contributed by atoms with Crippen LogP contribution in [-0.2, 0) is 21.0 Å². The van der Waals surface area contributed by atoms with Crippen LogP contribution in [0.2, 0.25) is 0 Å². The Labute approximate surface area is 127 Å². The van der Waals surface area contributed by atoms with Crippen molar-refractivity contribution in [1.29, 1.82) is 0 Å². The predicted octanol–water partition coefficient (Wildman–Crippen LogP) is 2.14. The molecule has 2 amide bonds. The first kappa shape index (κ1) is 14.7. The second-order valence-corrected chi connectivity index (χ2v) is 5.93. The van der Waals surface area contributed by atoms with Crippen molar-refractivity contribution in [2.75, 3.05) is 0 Å². The lowest BCUT2D eigenvalue weighted by atomic mass is 9.85. The van der Waals surface area contributed by atoms with Crippen molar-refractivity contribution in [1.82, 2.24) is 5.06 Å². The zero-order valence-electron chi connectivity index (χ0n) is 12.1. The topological polar surface area (TPSA) is 83.9 Å². The fourth-order valence-corrected chi connectivity index (χ4v) is 3.22. The summed E-state index contributed by atoms with van der Waals surface area (Å²) in [6, 6.07) is 6.15. The normalized spacial score (nSPS) is 20.1. The fraction of sp³-hybridized carbons (Fsp3) is 0.438. The number of nitrogens with zero attached hydrogens (tertiary/aromatic N) is 1. The van der Waals surface area contributed by atoms with Crippen LogP contribution in [0, 0.1) is 5.41 Å². The number of carboxylic acid groups (broad SMARTS) is 1. The molecule has 1 aromatic carbocycles. The number of hydrogen-bond donors (Lipinski definition) is 1. The van der Waals surface area contributed by atoms with E-state index in [-0.39, 0.29) is 30.4 Å². The minimum atomic E-state index is -0.999. The van der Waals surface area contributed by atoms with Gasteiger partial charge in [0.1, 0.15) is 6.61 Å². The Morgan fingerprint density at radius 3 is 2.41 bits per heavy atom. The third-order valence-electron chi connectivity index (χ3n) is 4.48. The monoisotopic (exact) mass is 303 g/mol. The number of aromatic carboxylic acids is 1. The number of amides is 2. The summed E-state index contributed by atoms with van der Waals surface area (Å²) in [6.07, 6.45) is 3.70. The third-order valence-corrected chi connectivity index (χ3v) is 4.48. The van der Waals surface area contributed by atoms with Crippen molar-refractivity contribution >= 4 is 17.8 Å². The van der Waals surface area contributed by atoms with E-state index in [1.165, 1.54) is 12.1 Å². The maximum Gasteiger partial charge on any atom is 0.335 e. The van der Waals surface area contributed by atoms with E-state index in [4.69, 9.17) is 9.94 Å². The molecule has 0 atom stereocenters. The highest BCUT2D eigenvalue weighted by Crippen LogP contribution is 2.46. The molecule has 22 heavy (non-hydrogen) atoms. The molecule has 0 bridgehead atoms. The number of imide groups is 1. The molecule has 6 heteroatoms. The van der Waals surface area contributed by atoms with Gasteiger partial charge in [-0.3, -0.25) is 14.4 Å². The fourth-order valence-electron chi connectivity index (χ4n) is 3.22. The van der Waals surface area contributed by atoms with Gasteiger partial charge in [0.25, 0.3) is 11.8 Å². The lowest BCUT2D eigenvalue weighted by molar-refractivity contribution is -0.194.